The predicted molar refractivity (Wildman–Crippen MR) is 84.5 cm³/mol. The maximum atomic E-state index is 10.0. The number of anilines is 1. The van der Waals surface area contributed by atoms with Crippen molar-refractivity contribution in [3.05, 3.63) is 29.3 Å². The van der Waals surface area contributed by atoms with E-state index in [1.807, 2.05) is 13.0 Å². The van der Waals surface area contributed by atoms with Crippen molar-refractivity contribution in [3.8, 4) is 17.3 Å². The van der Waals surface area contributed by atoms with E-state index in [2.05, 4.69) is 36.0 Å². The molecule has 0 saturated heterocycles. The van der Waals surface area contributed by atoms with Crippen molar-refractivity contribution in [2.24, 2.45) is 0 Å². The van der Waals surface area contributed by atoms with Crippen LogP contribution in [0.15, 0.2) is 22.6 Å². The molecule has 1 aromatic carbocycles. The topological polar surface area (TPSA) is 98.1 Å². The summed E-state index contributed by atoms with van der Waals surface area (Å²) in [6, 6.07) is 5.33. The summed E-state index contributed by atoms with van der Waals surface area (Å²) in [5, 5.41) is 18.5. The first-order valence-electron chi connectivity index (χ1n) is 7.00. The third-order valence-electron chi connectivity index (χ3n) is 3.57. The van der Waals surface area contributed by atoms with Gasteiger partial charge < -0.3 is 15.3 Å². The van der Waals surface area contributed by atoms with Gasteiger partial charge in [-0.3, -0.25) is 0 Å². The molecule has 2 heterocycles. The van der Waals surface area contributed by atoms with E-state index in [1.54, 1.807) is 12.1 Å². The fourth-order valence-corrected chi connectivity index (χ4v) is 2.50. The predicted octanol–water partition coefficient (Wildman–Crippen LogP) is 3.18. The summed E-state index contributed by atoms with van der Waals surface area (Å²) in [5.41, 5.74) is 8.64. The lowest BCUT2D eigenvalue weighted by Crippen LogP contribution is -2.12. The van der Waals surface area contributed by atoms with Crippen molar-refractivity contribution in [2.75, 3.05) is 5.73 Å². The summed E-state index contributed by atoms with van der Waals surface area (Å²) in [7, 11) is 0. The number of benzene rings is 1. The van der Waals surface area contributed by atoms with E-state index in [0.717, 1.165) is 22.0 Å². The minimum absolute atomic E-state index is 0.0105. The van der Waals surface area contributed by atoms with Gasteiger partial charge in [0, 0.05) is 5.39 Å². The molecule has 6 heteroatoms. The van der Waals surface area contributed by atoms with Crippen LogP contribution in [0.1, 0.15) is 31.9 Å². The zero-order valence-electron chi connectivity index (χ0n) is 13.0. The molecule has 0 bridgehead atoms. The van der Waals surface area contributed by atoms with Crippen LogP contribution in [0.4, 0.5) is 6.01 Å². The second-order valence-corrected chi connectivity index (χ2v) is 6.41. The Hall–Kier alpha value is -2.63. The largest absolute Gasteiger partial charge is 0.508 e. The van der Waals surface area contributed by atoms with E-state index >= 15 is 0 Å². The van der Waals surface area contributed by atoms with E-state index in [-0.39, 0.29) is 23.1 Å². The van der Waals surface area contributed by atoms with Gasteiger partial charge in [-0.25, -0.2) is 4.98 Å². The number of phenols is 1. The molecule has 0 aliphatic carbocycles. The number of aromatic hydroxyl groups is 1. The number of pyridine rings is 1. The normalized spacial score (nSPS) is 12.0. The first-order chi connectivity index (χ1) is 10.3. The zero-order valence-corrected chi connectivity index (χ0v) is 13.0. The van der Waals surface area contributed by atoms with Crippen LogP contribution in [0, 0.1) is 6.92 Å². The Morgan fingerprint density at radius 1 is 1.14 bits per heavy atom. The Morgan fingerprint density at radius 3 is 2.45 bits per heavy atom. The number of nitrogens with two attached hydrogens (primary N) is 1. The van der Waals surface area contributed by atoms with E-state index < -0.39 is 0 Å². The van der Waals surface area contributed by atoms with Gasteiger partial charge in [0.2, 0.25) is 0 Å². The lowest BCUT2D eigenvalue weighted by atomic mass is 9.84. The van der Waals surface area contributed by atoms with Crippen LogP contribution in [-0.2, 0) is 5.41 Å². The third-order valence-corrected chi connectivity index (χ3v) is 3.57. The van der Waals surface area contributed by atoms with Crippen LogP contribution in [0.3, 0.4) is 0 Å². The van der Waals surface area contributed by atoms with Crippen LogP contribution in [0.25, 0.3) is 22.5 Å². The summed E-state index contributed by atoms with van der Waals surface area (Å²) >= 11 is 0. The van der Waals surface area contributed by atoms with Gasteiger partial charge in [0.25, 0.3) is 5.89 Å². The number of hydrogen-bond donors (Lipinski definition) is 2. The lowest BCUT2D eigenvalue weighted by molar-refractivity contribution is 0.472. The Balaban J connectivity index is 2.35. The molecule has 2 aromatic heterocycles. The van der Waals surface area contributed by atoms with Crippen LogP contribution in [0.5, 0.6) is 5.75 Å². The Kier molecular flexibility index (Phi) is 3.05. The van der Waals surface area contributed by atoms with Crippen molar-refractivity contribution >= 4 is 16.9 Å². The van der Waals surface area contributed by atoms with Crippen molar-refractivity contribution in [2.45, 2.75) is 33.1 Å². The molecule has 0 unspecified atom stereocenters. The number of fused-ring (bicyclic) bond motifs is 1. The molecule has 0 fully saturated rings. The summed E-state index contributed by atoms with van der Waals surface area (Å²) < 4.78 is 5.27. The van der Waals surface area contributed by atoms with Gasteiger partial charge in [0.15, 0.2) is 0 Å². The number of phenolic OH excluding ortho intramolecular Hbond substituents is 1. The highest BCUT2D eigenvalue weighted by Crippen LogP contribution is 2.35. The van der Waals surface area contributed by atoms with E-state index in [9.17, 15) is 5.11 Å². The Labute approximate surface area is 128 Å². The van der Waals surface area contributed by atoms with Crippen molar-refractivity contribution in [1.29, 1.82) is 0 Å². The summed E-state index contributed by atoms with van der Waals surface area (Å²) in [4.78, 5) is 4.66. The number of aryl methyl sites for hydroxylation is 1. The average molecular weight is 298 g/mol. The second-order valence-electron chi connectivity index (χ2n) is 6.41. The van der Waals surface area contributed by atoms with Gasteiger partial charge >= 0.3 is 6.01 Å². The molecule has 0 aliphatic heterocycles. The quantitative estimate of drug-likeness (QED) is 0.716. The highest BCUT2D eigenvalue weighted by molar-refractivity contribution is 5.89. The molecule has 0 amide bonds. The molecule has 3 rings (SSSR count). The minimum Gasteiger partial charge on any atom is -0.508 e. The summed E-state index contributed by atoms with van der Waals surface area (Å²) in [6.45, 7) is 8.19. The van der Waals surface area contributed by atoms with E-state index in [1.165, 1.54) is 0 Å². The van der Waals surface area contributed by atoms with E-state index in [4.69, 9.17) is 10.2 Å². The third kappa shape index (κ3) is 2.36. The van der Waals surface area contributed by atoms with Crippen LogP contribution in [0.2, 0.25) is 0 Å². The fraction of sp³-hybridized carbons (Fsp3) is 0.312. The molecule has 0 aliphatic rings. The van der Waals surface area contributed by atoms with Crippen LogP contribution < -0.4 is 5.73 Å². The molecule has 0 spiro atoms. The fourth-order valence-electron chi connectivity index (χ4n) is 2.50. The smallest absolute Gasteiger partial charge is 0.313 e. The average Bonchev–Trinajstić information content (AvgIpc) is 2.84. The number of aromatic nitrogens is 3. The molecule has 0 radical (unpaired) electrons. The van der Waals surface area contributed by atoms with Crippen LogP contribution >= 0.6 is 0 Å². The SMILES string of the molecule is Cc1cc(-c2nnc(N)o2)nc2c(C(C)(C)C)cc(O)cc12. The minimum atomic E-state index is -0.164. The second kappa shape index (κ2) is 4.69. The number of hydrogen-bond acceptors (Lipinski definition) is 6. The highest BCUT2D eigenvalue weighted by Gasteiger charge is 2.21. The van der Waals surface area contributed by atoms with Gasteiger partial charge in [-0.2, -0.15) is 0 Å². The van der Waals surface area contributed by atoms with E-state index in [0.29, 0.717) is 5.69 Å². The number of nitrogens with zero attached hydrogens (tertiary/aromatic N) is 3. The standard InChI is InChI=1S/C16H18N4O2/c1-8-5-12(14-19-20-15(17)22-14)18-13-10(8)6-9(21)7-11(13)16(2,3)4/h5-7,21H,1-4H3,(H2,17,20). The van der Waals surface area contributed by atoms with Crippen molar-refractivity contribution in [3.63, 3.8) is 0 Å². The first-order valence-corrected chi connectivity index (χ1v) is 7.00. The molecular formula is C16H18N4O2. The van der Waals surface area contributed by atoms with Gasteiger partial charge in [0.1, 0.15) is 11.4 Å². The molecule has 0 saturated carbocycles. The lowest BCUT2D eigenvalue weighted by Gasteiger charge is -2.21. The molecular weight excluding hydrogens is 280 g/mol. The molecule has 0 atom stereocenters. The highest BCUT2D eigenvalue weighted by atomic mass is 16.4. The number of rotatable bonds is 1. The van der Waals surface area contributed by atoms with Gasteiger partial charge in [-0.15, -0.1) is 5.10 Å². The number of nitrogen functional groups attached to an aromatic ring is 1. The maximum absolute atomic E-state index is 10.0. The summed E-state index contributed by atoms with van der Waals surface area (Å²) in [6.07, 6.45) is 0. The Bertz CT molecular complexity index is 862. The van der Waals surface area contributed by atoms with Crippen LogP contribution in [-0.4, -0.2) is 20.3 Å². The molecule has 114 valence electrons. The summed E-state index contributed by atoms with van der Waals surface area (Å²) in [5.74, 6) is 0.521. The molecule has 3 N–H and O–H groups in total. The van der Waals surface area contributed by atoms with Crippen molar-refractivity contribution in [1.82, 2.24) is 15.2 Å². The molecule has 3 aromatic rings. The molecule has 22 heavy (non-hydrogen) atoms. The monoisotopic (exact) mass is 298 g/mol. The first kappa shape index (κ1) is 14.3. The molecule has 6 nitrogen and oxygen atoms in total. The van der Waals surface area contributed by atoms with Crippen molar-refractivity contribution < 1.29 is 9.52 Å². The maximum Gasteiger partial charge on any atom is 0.313 e. The van der Waals surface area contributed by atoms with Gasteiger partial charge in [-0.05, 0) is 41.7 Å². The van der Waals surface area contributed by atoms with Gasteiger partial charge in [0.05, 0.1) is 5.52 Å². The van der Waals surface area contributed by atoms with Gasteiger partial charge in [-0.1, -0.05) is 25.9 Å². The zero-order chi connectivity index (χ0) is 16.1. The Morgan fingerprint density at radius 2 is 1.86 bits per heavy atom.